The molecule has 3 heterocycles. The van der Waals surface area contributed by atoms with Gasteiger partial charge in [0.15, 0.2) is 11.4 Å². The number of aromatic nitrogens is 3. The van der Waals surface area contributed by atoms with E-state index in [9.17, 15) is 4.79 Å². The monoisotopic (exact) mass is 317 g/mol. The summed E-state index contributed by atoms with van der Waals surface area (Å²) in [5, 5.41) is 6.76. The van der Waals surface area contributed by atoms with Gasteiger partial charge in [0.05, 0.1) is 11.8 Å². The van der Waals surface area contributed by atoms with E-state index in [2.05, 4.69) is 25.6 Å². The van der Waals surface area contributed by atoms with Crippen molar-refractivity contribution >= 4 is 22.8 Å². The molecule has 1 fully saturated rings. The van der Waals surface area contributed by atoms with Gasteiger partial charge >= 0.3 is 0 Å². The molecule has 126 valence electrons. The standard InChI is InChI=1S/C15H21N5O.C2H6/c1-9(2)14(21)11-7-17-15-13(11)20-12(8-18-15)19-10-3-5-16-6-4-10;1-2/h7-10,16H,3-6H2,1-2H3,(H,17,18)(H,19,20);1-2H3. The SMILES string of the molecule is CC.CC(C)C(=O)c1c[nH]c2ncc(NC3CCNCC3)nc12. The summed E-state index contributed by atoms with van der Waals surface area (Å²) in [5.41, 5.74) is 1.95. The van der Waals surface area contributed by atoms with E-state index in [1.54, 1.807) is 12.4 Å². The lowest BCUT2D eigenvalue weighted by Gasteiger charge is -2.23. The molecule has 0 aliphatic carbocycles. The van der Waals surface area contributed by atoms with Crippen LogP contribution in [0.15, 0.2) is 12.4 Å². The van der Waals surface area contributed by atoms with E-state index >= 15 is 0 Å². The van der Waals surface area contributed by atoms with Gasteiger partial charge in [0.25, 0.3) is 0 Å². The average Bonchev–Trinajstić information content (AvgIpc) is 3.00. The van der Waals surface area contributed by atoms with Crippen LogP contribution >= 0.6 is 0 Å². The van der Waals surface area contributed by atoms with Crippen LogP contribution in [0.1, 0.15) is 50.9 Å². The minimum Gasteiger partial charge on any atom is -0.366 e. The van der Waals surface area contributed by atoms with Crippen LogP contribution in [-0.4, -0.2) is 39.9 Å². The Morgan fingerprint density at radius 3 is 2.65 bits per heavy atom. The number of nitrogens with zero attached hydrogens (tertiary/aromatic N) is 2. The third-order valence-electron chi connectivity index (χ3n) is 3.86. The summed E-state index contributed by atoms with van der Waals surface area (Å²) < 4.78 is 0. The van der Waals surface area contributed by atoms with Crippen LogP contribution in [-0.2, 0) is 0 Å². The summed E-state index contributed by atoms with van der Waals surface area (Å²) >= 11 is 0. The number of hydrogen-bond acceptors (Lipinski definition) is 5. The van der Waals surface area contributed by atoms with Gasteiger partial charge in [0.2, 0.25) is 0 Å². The molecule has 2 aromatic heterocycles. The molecule has 6 heteroatoms. The second-order valence-corrected chi connectivity index (χ2v) is 5.84. The van der Waals surface area contributed by atoms with Crippen molar-refractivity contribution in [3.8, 4) is 0 Å². The highest BCUT2D eigenvalue weighted by Crippen LogP contribution is 2.20. The van der Waals surface area contributed by atoms with Crippen molar-refractivity contribution in [3.05, 3.63) is 18.0 Å². The van der Waals surface area contributed by atoms with Crippen LogP contribution in [0.4, 0.5) is 5.82 Å². The minimum absolute atomic E-state index is 0.0492. The fourth-order valence-electron chi connectivity index (χ4n) is 2.64. The third kappa shape index (κ3) is 4.07. The number of nitrogens with one attached hydrogen (secondary N) is 3. The van der Waals surface area contributed by atoms with Crippen LogP contribution in [0.2, 0.25) is 0 Å². The molecule has 3 N–H and O–H groups in total. The number of fused-ring (bicyclic) bond motifs is 1. The van der Waals surface area contributed by atoms with E-state index in [0.717, 1.165) is 31.7 Å². The Bertz CT molecular complexity index is 643. The largest absolute Gasteiger partial charge is 0.366 e. The Hall–Kier alpha value is -1.95. The van der Waals surface area contributed by atoms with Crippen molar-refractivity contribution in [2.45, 2.75) is 46.6 Å². The Balaban J connectivity index is 0.000000924. The average molecular weight is 317 g/mol. The fraction of sp³-hybridized carbons (Fsp3) is 0.588. The molecule has 1 aliphatic rings. The molecule has 6 nitrogen and oxygen atoms in total. The molecule has 23 heavy (non-hydrogen) atoms. The number of rotatable bonds is 4. The summed E-state index contributed by atoms with van der Waals surface area (Å²) in [5.74, 6) is 0.785. The van der Waals surface area contributed by atoms with Crippen LogP contribution < -0.4 is 10.6 Å². The third-order valence-corrected chi connectivity index (χ3v) is 3.86. The van der Waals surface area contributed by atoms with Gasteiger partial charge in [-0.2, -0.15) is 0 Å². The number of carbonyl (C=O) groups is 1. The number of aromatic amines is 1. The molecule has 0 unspecified atom stereocenters. The first-order valence-corrected chi connectivity index (χ1v) is 8.50. The number of carbonyl (C=O) groups excluding carboxylic acids is 1. The second kappa shape index (κ2) is 8.06. The quantitative estimate of drug-likeness (QED) is 0.755. The molecule has 3 rings (SSSR count). The second-order valence-electron chi connectivity index (χ2n) is 5.84. The summed E-state index contributed by atoms with van der Waals surface area (Å²) in [4.78, 5) is 24.2. The normalized spacial score (nSPS) is 15.3. The first-order valence-electron chi connectivity index (χ1n) is 8.50. The van der Waals surface area contributed by atoms with Gasteiger partial charge < -0.3 is 15.6 Å². The Kier molecular flexibility index (Phi) is 6.10. The van der Waals surface area contributed by atoms with Crippen molar-refractivity contribution < 1.29 is 4.79 Å². The summed E-state index contributed by atoms with van der Waals surface area (Å²) in [6, 6.07) is 0.418. The lowest BCUT2D eigenvalue weighted by atomic mass is 10.0. The number of ketones is 1. The maximum Gasteiger partial charge on any atom is 0.169 e. The molecule has 0 bridgehead atoms. The van der Waals surface area contributed by atoms with Crippen LogP contribution in [0.25, 0.3) is 11.2 Å². The van der Waals surface area contributed by atoms with Gasteiger partial charge in [-0.15, -0.1) is 0 Å². The van der Waals surface area contributed by atoms with Crippen molar-refractivity contribution in [3.63, 3.8) is 0 Å². The van der Waals surface area contributed by atoms with Crippen molar-refractivity contribution in [1.82, 2.24) is 20.3 Å². The highest BCUT2D eigenvalue weighted by atomic mass is 16.1. The first kappa shape index (κ1) is 17.4. The van der Waals surface area contributed by atoms with E-state index in [1.165, 1.54) is 0 Å². The first-order chi connectivity index (χ1) is 11.1. The molecule has 0 spiro atoms. The minimum atomic E-state index is -0.0492. The molecule has 0 amide bonds. The number of hydrogen-bond donors (Lipinski definition) is 3. The van der Waals surface area contributed by atoms with Crippen molar-refractivity contribution in [1.29, 1.82) is 0 Å². The fourth-order valence-corrected chi connectivity index (χ4v) is 2.64. The maximum absolute atomic E-state index is 12.2. The van der Waals surface area contributed by atoms with E-state index < -0.39 is 0 Å². The van der Waals surface area contributed by atoms with Gasteiger partial charge in [0.1, 0.15) is 11.3 Å². The van der Waals surface area contributed by atoms with Gasteiger partial charge in [-0.3, -0.25) is 4.79 Å². The molecule has 0 saturated carbocycles. The lowest BCUT2D eigenvalue weighted by molar-refractivity contribution is 0.0941. The predicted octanol–water partition coefficient (Wildman–Crippen LogP) is 2.99. The van der Waals surface area contributed by atoms with Gasteiger partial charge in [-0.1, -0.05) is 27.7 Å². The van der Waals surface area contributed by atoms with E-state index in [-0.39, 0.29) is 11.7 Å². The van der Waals surface area contributed by atoms with Gasteiger partial charge in [-0.25, -0.2) is 9.97 Å². The summed E-state index contributed by atoms with van der Waals surface area (Å²) in [6.45, 7) is 9.83. The zero-order valence-corrected chi connectivity index (χ0v) is 14.4. The molecule has 1 aliphatic heterocycles. The smallest absolute Gasteiger partial charge is 0.169 e. The summed E-state index contributed by atoms with van der Waals surface area (Å²) in [7, 11) is 0. The van der Waals surface area contributed by atoms with E-state index in [4.69, 9.17) is 0 Å². The molecule has 2 aromatic rings. The Morgan fingerprint density at radius 1 is 1.30 bits per heavy atom. The topological polar surface area (TPSA) is 82.7 Å². The number of anilines is 1. The molecular weight excluding hydrogens is 290 g/mol. The maximum atomic E-state index is 12.2. The highest BCUT2D eigenvalue weighted by Gasteiger charge is 2.18. The van der Waals surface area contributed by atoms with E-state index in [1.807, 2.05) is 27.7 Å². The highest BCUT2D eigenvalue weighted by molar-refractivity contribution is 6.06. The van der Waals surface area contributed by atoms with Crippen LogP contribution in [0.3, 0.4) is 0 Å². The number of H-pyrrole nitrogens is 1. The molecular formula is C17H27N5O. The van der Waals surface area contributed by atoms with Gasteiger partial charge in [0, 0.05) is 18.2 Å². The van der Waals surface area contributed by atoms with Crippen molar-refractivity contribution in [2.75, 3.05) is 18.4 Å². The van der Waals surface area contributed by atoms with Crippen LogP contribution in [0, 0.1) is 5.92 Å². The Morgan fingerprint density at radius 2 is 2.00 bits per heavy atom. The van der Waals surface area contributed by atoms with Crippen LogP contribution in [0.5, 0.6) is 0 Å². The lowest BCUT2D eigenvalue weighted by Crippen LogP contribution is -2.35. The zero-order chi connectivity index (χ0) is 16.8. The number of piperidine rings is 1. The Labute approximate surface area is 137 Å². The molecule has 0 atom stereocenters. The van der Waals surface area contributed by atoms with Crippen molar-refractivity contribution in [2.24, 2.45) is 5.92 Å². The molecule has 0 radical (unpaired) electrons. The van der Waals surface area contributed by atoms with Gasteiger partial charge in [-0.05, 0) is 25.9 Å². The molecule has 0 aromatic carbocycles. The number of Topliss-reactive ketones (excluding diaryl/α,β-unsaturated/α-hetero) is 1. The zero-order valence-electron chi connectivity index (χ0n) is 14.4. The molecule has 1 saturated heterocycles. The van der Waals surface area contributed by atoms with E-state index in [0.29, 0.717) is 22.8 Å². The predicted molar refractivity (Wildman–Crippen MR) is 93.9 cm³/mol. The summed E-state index contributed by atoms with van der Waals surface area (Å²) in [6.07, 6.45) is 5.58.